The van der Waals surface area contributed by atoms with E-state index in [0.29, 0.717) is 18.8 Å². The number of aromatic nitrogens is 2. The molecule has 2 aromatic heterocycles. The lowest BCUT2D eigenvalue weighted by Gasteiger charge is -2.25. The highest BCUT2D eigenvalue weighted by molar-refractivity contribution is 7.15. The fourth-order valence-corrected chi connectivity index (χ4v) is 4.96. The summed E-state index contributed by atoms with van der Waals surface area (Å²) in [4.78, 5) is 24.1. The molecule has 2 aliphatic heterocycles. The minimum atomic E-state index is 0.0559. The molecule has 0 aliphatic carbocycles. The number of thiazole rings is 1. The van der Waals surface area contributed by atoms with Crippen LogP contribution < -0.4 is 5.32 Å². The maximum atomic E-state index is 13.0. The maximum Gasteiger partial charge on any atom is 0.270 e. The lowest BCUT2D eigenvalue weighted by atomic mass is 9.90. The van der Waals surface area contributed by atoms with Gasteiger partial charge in [0.2, 0.25) is 0 Å². The van der Waals surface area contributed by atoms with E-state index in [1.54, 1.807) is 11.3 Å². The number of rotatable bonds is 4. The van der Waals surface area contributed by atoms with Gasteiger partial charge in [-0.05, 0) is 18.6 Å². The number of carbonyl (C=O) groups is 1. The van der Waals surface area contributed by atoms with Gasteiger partial charge in [-0.25, -0.2) is 4.98 Å². The number of hydrogen-bond acceptors (Lipinski definition) is 5. The minimum absolute atomic E-state index is 0.0559. The Bertz CT molecular complexity index is 986. The van der Waals surface area contributed by atoms with Crippen molar-refractivity contribution in [2.24, 2.45) is 5.41 Å². The molecule has 0 radical (unpaired) electrons. The van der Waals surface area contributed by atoms with Gasteiger partial charge in [0.05, 0.1) is 18.8 Å². The van der Waals surface area contributed by atoms with Crippen LogP contribution in [0.5, 0.6) is 0 Å². The van der Waals surface area contributed by atoms with Crippen molar-refractivity contribution >= 4 is 33.3 Å². The van der Waals surface area contributed by atoms with Crippen LogP contribution in [0.1, 0.15) is 34.4 Å². The first-order valence-electron chi connectivity index (χ1n) is 9.77. The van der Waals surface area contributed by atoms with Gasteiger partial charge in [0, 0.05) is 47.3 Å². The van der Waals surface area contributed by atoms with E-state index in [2.05, 4.69) is 17.2 Å². The quantitative estimate of drug-likeness (QED) is 0.706. The average molecular weight is 397 g/mol. The van der Waals surface area contributed by atoms with Gasteiger partial charge in [-0.1, -0.05) is 36.5 Å². The molecule has 7 heteroatoms. The zero-order valence-corrected chi connectivity index (χ0v) is 16.8. The lowest BCUT2D eigenvalue weighted by Crippen LogP contribution is -2.35. The van der Waals surface area contributed by atoms with E-state index in [-0.39, 0.29) is 11.3 Å². The van der Waals surface area contributed by atoms with Gasteiger partial charge in [0.15, 0.2) is 5.13 Å². The van der Waals surface area contributed by atoms with Crippen LogP contribution in [0, 0.1) is 5.41 Å². The Labute approximate surface area is 167 Å². The van der Waals surface area contributed by atoms with Gasteiger partial charge < -0.3 is 19.9 Å². The molecule has 1 saturated heterocycles. The van der Waals surface area contributed by atoms with Crippen molar-refractivity contribution in [1.82, 2.24) is 14.9 Å². The van der Waals surface area contributed by atoms with Gasteiger partial charge in [0.25, 0.3) is 5.91 Å². The van der Waals surface area contributed by atoms with Crippen molar-refractivity contribution in [3.63, 3.8) is 0 Å². The van der Waals surface area contributed by atoms with Crippen LogP contribution >= 0.6 is 11.3 Å². The largest absolute Gasteiger partial charge is 0.381 e. The fourth-order valence-electron chi connectivity index (χ4n) is 3.94. The Morgan fingerprint density at radius 3 is 3.14 bits per heavy atom. The number of aromatic amines is 1. The van der Waals surface area contributed by atoms with E-state index >= 15 is 0 Å². The van der Waals surface area contributed by atoms with E-state index < -0.39 is 0 Å². The van der Waals surface area contributed by atoms with Crippen molar-refractivity contribution in [2.75, 3.05) is 31.6 Å². The molecule has 4 heterocycles. The lowest BCUT2D eigenvalue weighted by molar-refractivity contribution is 0.0731. The first kappa shape index (κ1) is 17.7. The van der Waals surface area contributed by atoms with Gasteiger partial charge in [-0.15, -0.1) is 0 Å². The van der Waals surface area contributed by atoms with Crippen molar-refractivity contribution < 1.29 is 9.53 Å². The number of para-hydroxylation sites is 1. The van der Waals surface area contributed by atoms with Crippen LogP contribution in [0.3, 0.4) is 0 Å². The van der Waals surface area contributed by atoms with Crippen LogP contribution in [0.25, 0.3) is 10.9 Å². The molecule has 0 spiro atoms. The molecule has 0 saturated carbocycles. The van der Waals surface area contributed by atoms with Crippen LogP contribution in [-0.2, 0) is 17.7 Å². The monoisotopic (exact) mass is 396 g/mol. The van der Waals surface area contributed by atoms with Crippen LogP contribution in [0.4, 0.5) is 5.13 Å². The maximum absolute atomic E-state index is 13.0. The summed E-state index contributed by atoms with van der Waals surface area (Å²) in [6.07, 6.45) is 1.89. The zero-order chi connectivity index (χ0) is 19.1. The minimum Gasteiger partial charge on any atom is -0.381 e. The normalized spacial score (nSPS) is 21.8. The molecule has 5 rings (SSSR count). The second-order valence-electron chi connectivity index (χ2n) is 8.10. The summed E-state index contributed by atoms with van der Waals surface area (Å²) < 4.78 is 5.53. The summed E-state index contributed by atoms with van der Waals surface area (Å²) in [7, 11) is 0. The highest BCUT2D eigenvalue weighted by atomic mass is 32.1. The summed E-state index contributed by atoms with van der Waals surface area (Å²) in [5, 5.41) is 5.52. The summed E-state index contributed by atoms with van der Waals surface area (Å²) >= 11 is 1.67. The third-order valence-electron chi connectivity index (χ3n) is 5.75. The number of fused-ring (bicyclic) bond motifs is 2. The second kappa shape index (κ2) is 6.90. The van der Waals surface area contributed by atoms with E-state index in [4.69, 9.17) is 9.72 Å². The van der Waals surface area contributed by atoms with Crippen molar-refractivity contribution in [1.29, 1.82) is 0 Å². The standard InChI is InChI=1S/C21H24N4O2S/c1-21(7-9-27-13-21)12-22-20-24-16-6-8-25(11-18(16)28-20)19(26)17-10-14-4-2-3-5-15(14)23-17/h2-5,10,23H,6-9,11-13H2,1H3,(H,22,24). The number of ether oxygens (including phenoxy) is 1. The molecule has 1 atom stereocenters. The van der Waals surface area contributed by atoms with Gasteiger partial charge in [-0.3, -0.25) is 4.79 Å². The topological polar surface area (TPSA) is 70.2 Å². The molecule has 28 heavy (non-hydrogen) atoms. The molecule has 1 amide bonds. The molecule has 2 N–H and O–H groups in total. The Morgan fingerprint density at radius 2 is 2.32 bits per heavy atom. The van der Waals surface area contributed by atoms with Crippen molar-refractivity contribution in [3.05, 3.63) is 46.6 Å². The molecule has 146 valence electrons. The van der Waals surface area contributed by atoms with E-state index in [0.717, 1.165) is 54.3 Å². The number of hydrogen-bond donors (Lipinski definition) is 2. The van der Waals surface area contributed by atoms with Crippen LogP contribution in [0.15, 0.2) is 30.3 Å². The number of H-pyrrole nitrogens is 1. The predicted octanol–water partition coefficient (Wildman–Crippen LogP) is 3.66. The van der Waals surface area contributed by atoms with E-state index in [1.165, 1.54) is 4.88 Å². The number of nitrogens with zero attached hydrogens (tertiary/aromatic N) is 2. The van der Waals surface area contributed by atoms with Crippen molar-refractivity contribution in [3.8, 4) is 0 Å². The molecular formula is C21H24N4O2S. The Balaban J connectivity index is 1.28. The molecule has 1 fully saturated rings. The molecular weight excluding hydrogens is 372 g/mol. The summed E-state index contributed by atoms with van der Waals surface area (Å²) in [5.74, 6) is 0.0559. The number of nitrogens with one attached hydrogen (secondary N) is 2. The van der Waals surface area contributed by atoms with Crippen molar-refractivity contribution in [2.45, 2.75) is 26.3 Å². The molecule has 6 nitrogen and oxygen atoms in total. The molecule has 1 aromatic carbocycles. The number of amides is 1. The third kappa shape index (κ3) is 3.29. The molecule has 0 bridgehead atoms. The number of benzene rings is 1. The highest BCUT2D eigenvalue weighted by Gasteiger charge is 2.30. The summed E-state index contributed by atoms with van der Waals surface area (Å²) in [6.45, 7) is 6.10. The molecule has 2 aliphatic rings. The third-order valence-corrected chi connectivity index (χ3v) is 6.79. The van der Waals surface area contributed by atoms with E-state index in [1.807, 2.05) is 35.2 Å². The van der Waals surface area contributed by atoms with Crippen LogP contribution in [0.2, 0.25) is 0 Å². The number of carbonyl (C=O) groups excluding carboxylic acids is 1. The SMILES string of the molecule is CC1(CNc2nc3c(s2)CN(C(=O)c2cc4ccccc4[nH]2)CC3)CCOC1. The first-order chi connectivity index (χ1) is 13.6. The highest BCUT2D eigenvalue weighted by Crippen LogP contribution is 2.32. The van der Waals surface area contributed by atoms with Gasteiger partial charge in [-0.2, -0.15) is 0 Å². The number of anilines is 1. The van der Waals surface area contributed by atoms with E-state index in [9.17, 15) is 4.79 Å². The second-order valence-corrected chi connectivity index (χ2v) is 9.19. The first-order valence-corrected chi connectivity index (χ1v) is 10.6. The smallest absolute Gasteiger partial charge is 0.270 e. The summed E-state index contributed by atoms with van der Waals surface area (Å²) in [5.41, 5.74) is 2.96. The summed E-state index contributed by atoms with van der Waals surface area (Å²) in [6, 6.07) is 9.93. The predicted molar refractivity (Wildman–Crippen MR) is 111 cm³/mol. The van der Waals surface area contributed by atoms with Gasteiger partial charge >= 0.3 is 0 Å². The average Bonchev–Trinajstić information content (AvgIpc) is 3.42. The molecule has 1 unspecified atom stereocenters. The Hall–Kier alpha value is -2.38. The molecule has 3 aromatic rings. The van der Waals surface area contributed by atoms with Crippen LogP contribution in [-0.4, -0.2) is 47.1 Å². The zero-order valence-electron chi connectivity index (χ0n) is 16.0. The van der Waals surface area contributed by atoms with Gasteiger partial charge in [0.1, 0.15) is 5.69 Å². The Morgan fingerprint density at radius 1 is 1.43 bits per heavy atom. The fraction of sp³-hybridized carbons (Fsp3) is 0.429. The Kier molecular flexibility index (Phi) is 4.36.